The standard InChI is InChI=1S/C25H44F3NO2/c1-19-16-24(30)12-14-29(19)13-3-2-4-15-31-18-20-8-10-21(11-9-20)22-6-5-7-23(17-22)25(26,27)28/h19-24,30H,2-18H2,1H3/t19-,20?,21?,22?,23?,24?/m0/s1. The average molecular weight is 448 g/mol. The van der Waals surface area contributed by atoms with Crippen molar-refractivity contribution in [3.63, 3.8) is 0 Å². The van der Waals surface area contributed by atoms with Gasteiger partial charge in [0.15, 0.2) is 0 Å². The summed E-state index contributed by atoms with van der Waals surface area (Å²) in [6.45, 7) is 5.99. The maximum absolute atomic E-state index is 13.1. The maximum atomic E-state index is 13.1. The van der Waals surface area contributed by atoms with Gasteiger partial charge in [-0.3, -0.25) is 0 Å². The Hall–Kier alpha value is -0.330. The molecule has 0 amide bonds. The van der Waals surface area contributed by atoms with Crippen molar-refractivity contribution in [2.75, 3.05) is 26.3 Å². The van der Waals surface area contributed by atoms with Gasteiger partial charge >= 0.3 is 6.18 Å². The van der Waals surface area contributed by atoms with Crippen LogP contribution < -0.4 is 0 Å². The number of ether oxygens (including phenoxy) is 1. The molecule has 0 aromatic rings. The zero-order chi connectivity index (χ0) is 22.3. The molecule has 3 rings (SSSR count). The smallest absolute Gasteiger partial charge is 0.391 e. The fourth-order valence-corrected chi connectivity index (χ4v) is 6.25. The van der Waals surface area contributed by atoms with E-state index in [1.165, 1.54) is 12.8 Å². The molecule has 3 nitrogen and oxygen atoms in total. The molecule has 182 valence electrons. The van der Waals surface area contributed by atoms with Crippen LogP contribution in [0.3, 0.4) is 0 Å². The third-order valence-electron chi connectivity index (χ3n) is 8.31. The van der Waals surface area contributed by atoms with E-state index in [0.717, 1.165) is 84.1 Å². The van der Waals surface area contributed by atoms with E-state index in [-0.39, 0.29) is 12.0 Å². The fraction of sp³-hybridized carbons (Fsp3) is 1.00. The summed E-state index contributed by atoms with van der Waals surface area (Å²) < 4.78 is 45.2. The molecule has 3 fully saturated rings. The summed E-state index contributed by atoms with van der Waals surface area (Å²) in [5.41, 5.74) is 0. The van der Waals surface area contributed by atoms with Crippen molar-refractivity contribution in [2.45, 2.75) is 109 Å². The van der Waals surface area contributed by atoms with Gasteiger partial charge in [-0.1, -0.05) is 12.8 Å². The molecule has 0 aromatic heterocycles. The Labute approximate surface area is 187 Å². The molecule has 2 saturated carbocycles. The van der Waals surface area contributed by atoms with Gasteiger partial charge in [0.05, 0.1) is 12.0 Å². The monoisotopic (exact) mass is 447 g/mol. The first-order chi connectivity index (χ1) is 14.8. The first kappa shape index (κ1) is 25.3. The molecule has 2 aliphatic carbocycles. The number of alkyl halides is 3. The number of unbranched alkanes of at least 4 members (excludes halogenated alkanes) is 2. The van der Waals surface area contributed by atoms with Crippen molar-refractivity contribution in [2.24, 2.45) is 23.7 Å². The van der Waals surface area contributed by atoms with Crippen molar-refractivity contribution in [1.82, 2.24) is 4.90 Å². The molecule has 1 saturated heterocycles. The molecular weight excluding hydrogens is 403 g/mol. The number of nitrogens with zero attached hydrogens (tertiary/aromatic N) is 1. The first-order valence-electron chi connectivity index (χ1n) is 12.9. The zero-order valence-corrected chi connectivity index (χ0v) is 19.4. The third kappa shape index (κ3) is 8.19. The van der Waals surface area contributed by atoms with Gasteiger partial charge in [0.2, 0.25) is 0 Å². The number of aliphatic hydroxyl groups excluding tert-OH is 1. The van der Waals surface area contributed by atoms with Gasteiger partial charge < -0.3 is 14.7 Å². The quantitative estimate of drug-likeness (QED) is 0.428. The van der Waals surface area contributed by atoms with Crippen molar-refractivity contribution in [3.8, 4) is 0 Å². The summed E-state index contributed by atoms with van der Waals surface area (Å²) in [6.07, 6.45) is 8.02. The molecule has 3 unspecified atom stereocenters. The Morgan fingerprint density at radius 1 is 0.903 bits per heavy atom. The lowest BCUT2D eigenvalue weighted by atomic mass is 9.68. The van der Waals surface area contributed by atoms with Gasteiger partial charge in [-0.15, -0.1) is 0 Å². The first-order valence-corrected chi connectivity index (χ1v) is 12.9. The van der Waals surface area contributed by atoms with Crippen LogP contribution in [0.25, 0.3) is 0 Å². The van der Waals surface area contributed by atoms with Crippen LogP contribution in [-0.4, -0.2) is 54.6 Å². The van der Waals surface area contributed by atoms with E-state index >= 15 is 0 Å². The SMILES string of the molecule is C[C@H]1CC(O)CCN1CCCCCOCC1CCC(C2CCCC(C(F)(F)F)C2)CC1. The number of rotatable bonds is 9. The minimum Gasteiger partial charge on any atom is -0.393 e. The second-order valence-electron chi connectivity index (χ2n) is 10.6. The van der Waals surface area contributed by atoms with E-state index < -0.39 is 12.1 Å². The molecule has 6 heteroatoms. The predicted molar refractivity (Wildman–Crippen MR) is 118 cm³/mol. The Bertz CT molecular complexity index is 507. The molecular formula is C25H44F3NO2. The Balaban J connectivity index is 1.20. The molecule has 1 heterocycles. The van der Waals surface area contributed by atoms with Crippen molar-refractivity contribution < 1.29 is 23.0 Å². The van der Waals surface area contributed by atoms with Crippen LogP contribution in [0.4, 0.5) is 13.2 Å². The minimum atomic E-state index is -4.00. The van der Waals surface area contributed by atoms with Crippen molar-refractivity contribution in [3.05, 3.63) is 0 Å². The number of halogens is 3. The maximum Gasteiger partial charge on any atom is 0.391 e. The van der Waals surface area contributed by atoms with Crippen molar-refractivity contribution >= 4 is 0 Å². The van der Waals surface area contributed by atoms with Gasteiger partial charge in [0.1, 0.15) is 0 Å². The molecule has 0 aromatic carbocycles. The number of likely N-dealkylation sites (tertiary alicyclic amines) is 1. The lowest BCUT2D eigenvalue weighted by molar-refractivity contribution is -0.187. The van der Waals surface area contributed by atoms with Crippen LogP contribution in [0.15, 0.2) is 0 Å². The summed E-state index contributed by atoms with van der Waals surface area (Å²) in [6, 6.07) is 0.489. The highest BCUT2D eigenvalue weighted by atomic mass is 19.4. The Morgan fingerprint density at radius 3 is 2.39 bits per heavy atom. The normalized spacial score (nSPS) is 35.9. The number of aliphatic hydroxyl groups is 1. The summed E-state index contributed by atoms with van der Waals surface area (Å²) >= 11 is 0. The predicted octanol–water partition coefficient (Wildman–Crippen LogP) is 6.19. The highest BCUT2D eigenvalue weighted by molar-refractivity contribution is 4.84. The van der Waals surface area contributed by atoms with E-state index in [9.17, 15) is 18.3 Å². The lowest BCUT2D eigenvalue weighted by Crippen LogP contribution is -2.42. The van der Waals surface area contributed by atoms with E-state index in [1.807, 2.05) is 0 Å². The van der Waals surface area contributed by atoms with Gasteiger partial charge in [-0.25, -0.2) is 0 Å². The van der Waals surface area contributed by atoms with Crippen LogP contribution in [-0.2, 0) is 4.74 Å². The van der Waals surface area contributed by atoms with Crippen LogP contribution in [0.5, 0.6) is 0 Å². The van der Waals surface area contributed by atoms with Gasteiger partial charge in [0.25, 0.3) is 0 Å². The largest absolute Gasteiger partial charge is 0.393 e. The molecule has 1 N–H and O–H groups in total. The van der Waals surface area contributed by atoms with Crippen LogP contribution in [0.2, 0.25) is 0 Å². The molecule has 0 radical (unpaired) electrons. The Morgan fingerprint density at radius 2 is 1.68 bits per heavy atom. The average Bonchev–Trinajstić information content (AvgIpc) is 2.74. The highest BCUT2D eigenvalue weighted by Crippen LogP contribution is 2.46. The summed E-state index contributed by atoms with van der Waals surface area (Å²) in [4.78, 5) is 2.50. The van der Waals surface area contributed by atoms with Crippen molar-refractivity contribution in [1.29, 1.82) is 0 Å². The van der Waals surface area contributed by atoms with Gasteiger partial charge in [0, 0.05) is 25.8 Å². The topological polar surface area (TPSA) is 32.7 Å². The summed E-state index contributed by atoms with van der Waals surface area (Å²) in [7, 11) is 0. The molecule has 31 heavy (non-hydrogen) atoms. The van der Waals surface area contributed by atoms with Gasteiger partial charge in [-0.05, 0) is 102 Å². The number of hydrogen-bond acceptors (Lipinski definition) is 3. The minimum absolute atomic E-state index is 0.116. The summed E-state index contributed by atoms with van der Waals surface area (Å²) in [5.74, 6) is 0.323. The third-order valence-corrected chi connectivity index (χ3v) is 8.31. The zero-order valence-electron chi connectivity index (χ0n) is 19.4. The van der Waals surface area contributed by atoms with Gasteiger partial charge in [-0.2, -0.15) is 13.2 Å². The van der Waals surface area contributed by atoms with Crippen LogP contribution >= 0.6 is 0 Å². The van der Waals surface area contributed by atoms with Crippen LogP contribution in [0, 0.1) is 23.7 Å². The van der Waals surface area contributed by atoms with E-state index in [4.69, 9.17) is 4.74 Å². The summed E-state index contributed by atoms with van der Waals surface area (Å²) in [5, 5.41) is 9.71. The molecule has 1 aliphatic heterocycles. The number of piperidine rings is 1. The number of hydrogen-bond donors (Lipinski definition) is 1. The second kappa shape index (κ2) is 12.2. The highest BCUT2D eigenvalue weighted by Gasteiger charge is 2.43. The molecule has 0 spiro atoms. The Kier molecular flexibility index (Phi) is 9.97. The van der Waals surface area contributed by atoms with Crippen LogP contribution in [0.1, 0.15) is 90.4 Å². The van der Waals surface area contributed by atoms with E-state index in [1.54, 1.807) is 0 Å². The molecule has 0 bridgehead atoms. The lowest BCUT2D eigenvalue weighted by Gasteiger charge is -2.38. The molecule has 4 atom stereocenters. The van der Waals surface area contributed by atoms with E-state index in [2.05, 4.69) is 11.8 Å². The van der Waals surface area contributed by atoms with E-state index in [0.29, 0.717) is 30.7 Å². The fourth-order valence-electron chi connectivity index (χ4n) is 6.25. The second-order valence-corrected chi connectivity index (χ2v) is 10.6. The molecule has 3 aliphatic rings.